The molecular weight excluding hydrogens is 186 g/mol. The molecule has 15 heavy (non-hydrogen) atoms. The van der Waals surface area contributed by atoms with Crippen molar-refractivity contribution in [1.29, 1.82) is 0 Å². The van der Waals surface area contributed by atoms with Crippen LogP contribution >= 0.6 is 0 Å². The van der Waals surface area contributed by atoms with Gasteiger partial charge in [-0.2, -0.15) is 0 Å². The Kier molecular flexibility index (Phi) is 2.47. The van der Waals surface area contributed by atoms with Gasteiger partial charge in [0.05, 0.1) is 0 Å². The van der Waals surface area contributed by atoms with Crippen molar-refractivity contribution in [2.75, 3.05) is 6.54 Å². The fourth-order valence-corrected chi connectivity index (χ4v) is 2.71. The van der Waals surface area contributed by atoms with E-state index in [4.69, 9.17) is 5.73 Å². The Hall–Kier alpha value is -1.02. The van der Waals surface area contributed by atoms with Gasteiger partial charge in [0.1, 0.15) is 5.75 Å². The lowest BCUT2D eigenvalue weighted by atomic mass is 9.89. The lowest BCUT2D eigenvalue weighted by Gasteiger charge is -2.17. The molecule has 0 bridgehead atoms. The molecule has 0 amide bonds. The lowest BCUT2D eigenvalue weighted by Crippen LogP contribution is -2.23. The predicted molar refractivity (Wildman–Crippen MR) is 61.8 cm³/mol. The first kappa shape index (κ1) is 10.5. The quantitative estimate of drug-likeness (QED) is 0.795. The molecule has 2 nitrogen and oxygen atoms in total. The number of aromatic hydroxyl groups is 1. The molecule has 1 fully saturated rings. The number of rotatable bonds is 3. The fraction of sp³-hybridized carbons (Fsp3) is 0.538. The second-order valence-corrected chi connectivity index (χ2v) is 4.97. The third-order valence-electron chi connectivity index (χ3n) is 3.72. The zero-order chi connectivity index (χ0) is 11.1. The molecule has 0 spiro atoms. The smallest absolute Gasteiger partial charge is 0.115 e. The molecule has 0 radical (unpaired) electrons. The summed E-state index contributed by atoms with van der Waals surface area (Å²) in [4.78, 5) is 0. The minimum Gasteiger partial charge on any atom is -0.508 e. The maximum atomic E-state index is 9.48. The summed E-state index contributed by atoms with van der Waals surface area (Å²) >= 11 is 0. The number of phenols is 1. The van der Waals surface area contributed by atoms with E-state index in [1.807, 2.05) is 12.1 Å². The van der Waals surface area contributed by atoms with E-state index in [-0.39, 0.29) is 5.41 Å². The minimum atomic E-state index is 0.132. The standard InChI is InChI=1S/C13H19NO/c1-9(2)12-7-13(12,8-14)10-4-3-5-11(15)6-10/h3-6,9,12,15H,7-8,14H2,1-2H3. The Morgan fingerprint density at radius 3 is 2.73 bits per heavy atom. The minimum absolute atomic E-state index is 0.132. The summed E-state index contributed by atoms with van der Waals surface area (Å²) < 4.78 is 0. The molecular formula is C13H19NO. The van der Waals surface area contributed by atoms with Crippen LogP contribution in [0.25, 0.3) is 0 Å². The van der Waals surface area contributed by atoms with Crippen LogP contribution in [-0.2, 0) is 5.41 Å². The van der Waals surface area contributed by atoms with Gasteiger partial charge in [-0.15, -0.1) is 0 Å². The van der Waals surface area contributed by atoms with Crippen LogP contribution in [0.2, 0.25) is 0 Å². The van der Waals surface area contributed by atoms with E-state index in [9.17, 15) is 5.11 Å². The highest BCUT2D eigenvalue weighted by Crippen LogP contribution is 2.57. The zero-order valence-electron chi connectivity index (χ0n) is 9.40. The number of hydrogen-bond acceptors (Lipinski definition) is 2. The van der Waals surface area contributed by atoms with Crippen molar-refractivity contribution in [2.24, 2.45) is 17.6 Å². The maximum Gasteiger partial charge on any atom is 0.115 e. The van der Waals surface area contributed by atoms with Crippen LogP contribution in [0, 0.1) is 11.8 Å². The average Bonchev–Trinajstić information content (AvgIpc) is 2.93. The van der Waals surface area contributed by atoms with E-state index in [1.54, 1.807) is 6.07 Å². The maximum absolute atomic E-state index is 9.48. The summed E-state index contributed by atoms with van der Waals surface area (Å²) in [6.45, 7) is 5.16. The van der Waals surface area contributed by atoms with Crippen molar-refractivity contribution in [3.63, 3.8) is 0 Å². The molecule has 2 heteroatoms. The number of nitrogens with two attached hydrogens (primary N) is 1. The average molecular weight is 205 g/mol. The lowest BCUT2D eigenvalue weighted by molar-refractivity contribution is 0.465. The van der Waals surface area contributed by atoms with Crippen LogP contribution in [0.4, 0.5) is 0 Å². The zero-order valence-corrected chi connectivity index (χ0v) is 9.40. The second kappa shape index (κ2) is 3.53. The van der Waals surface area contributed by atoms with E-state index in [0.717, 1.165) is 6.42 Å². The number of hydrogen-bond donors (Lipinski definition) is 2. The van der Waals surface area contributed by atoms with Gasteiger partial charge >= 0.3 is 0 Å². The highest BCUT2D eigenvalue weighted by Gasteiger charge is 2.55. The highest BCUT2D eigenvalue weighted by molar-refractivity contribution is 5.39. The van der Waals surface area contributed by atoms with Gasteiger partial charge in [-0.05, 0) is 36.0 Å². The van der Waals surface area contributed by atoms with Gasteiger partial charge in [0.2, 0.25) is 0 Å². The molecule has 2 unspecified atom stereocenters. The molecule has 1 aliphatic carbocycles. The van der Waals surface area contributed by atoms with E-state index in [0.29, 0.717) is 24.1 Å². The Morgan fingerprint density at radius 1 is 1.53 bits per heavy atom. The van der Waals surface area contributed by atoms with Crippen LogP contribution in [0.15, 0.2) is 24.3 Å². The molecule has 2 atom stereocenters. The number of benzene rings is 1. The monoisotopic (exact) mass is 205 g/mol. The van der Waals surface area contributed by atoms with E-state index in [2.05, 4.69) is 19.9 Å². The van der Waals surface area contributed by atoms with Gasteiger partial charge in [-0.25, -0.2) is 0 Å². The molecule has 82 valence electrons. The Morgan fingerprint density at radius 2 is 2.27 bits per heavy atom. The molecule has 0 heterocycles. The third kappa shape index (κ3) is 1.63. The first-order chi connectivity index (χ1) is 7.10. The highest BCUT2D eigenvalue weighted by atomic mass is 16.3. The van der Waals surface area contributed by atoms with Crippen LogP contribution in [-0.4, -0.2) is 11.7 Å². The third-order valence-corrected chi connectivity index (χ3v) is 3.72. The first-order valence-electron chi connectivity index (χ1n) is 5.60. The SMILES string of the molecule is CC(C)C1CC1(CN)c1cccc(O)c1. The summed E-state index contributed by atoms with van der Waals surface area (Å²) in [7, 11) is 0. The Labute approximate surface area is 91.1 Å². The Bertz CT molecular complexity index is 361. The summed E-state index contributed by atoms with van der Waals surface area (Å²) in [5.41, 5.74) is 7.23. The molecule has 2 rings (SSSR count). The van der Waals surface area contributed by atoms with Crippen LogP contribution in [0.1, 0.15) is 25.8 Å². The predicted octanol–water partition coefficient (Wildman–Crippen LogP) is 2.26. The first-order valence-corrected chi connectivity index (χ1v) is 5.60. The molecule has 0 aromatic heterocycles. The topological polar surface area (TPSA) is 46.2 Å². The fourth-order valence-electron chi connectivity index (χ4n) is 2.71. The van der Waals surface area contributed by atoms with Crippen molar-refractivity contribution in [3.05, 3.63) is 29.8 Å². The van der Waals surface area contributed by atoms with E-state index in [1.165, 1.54) is 5.56 Å². The van der Waals surface area contributed by atoms with Crippen LogP contribution in [0.5, 0.6) is 5.75 Å². The van der Waals surface area contributed by atoms with Crippen molar-refractivity contribution < 1.29 is 5.11 Å². The van der Waals surface area contributed by atoms with Gasteiger partial charge < -0.3 is 10.8 Å². The van der Waals surface area contributed by atoms with Crippen LogP contribution < -0.4 is 5.73 Å². The van der Waals surface area contributed by atoms with Crippen molar-refractivity contribution >= 4 is 0 Å². The van der Waals surface area contributed by atoms with Gasteiger partial charge in [0.25, 0.3) is 0 Å². The molecule has 1 saturated carbocycles. The molecule has 1 aromatic carbocycles. The molecule has 0 saturated heterocycles. The van der Waals surface area contributed by atoms with Gasteiger partial charge in [0.15, 0.2) is 0 Å². The molecule has 1 aliphatic rings. The van der Waals surface area contributed by atoms with Crippen molar-refractivity contribution in [1.82, 2.24) is 0 Å². The Balaban J connectivity index is 2.30. The van der Waals surface area contributed by atoms with Crippen LogP contribution in [0.3, 0.4) is 0 Å². The van der Waals surface area contributed by atoms with Crippen molar-refractivity contribution in [2.45, 2.75) is 25.7 Å². The summed E-state index contributed by atoms with van der Waals surface area (Å²) in [5, 5.41) is 9.48. The van der Waals surface area contributed by atoms with Gasteiger partial charge in [0, 0.05) is 12.0 Å². The van der Waals surface area contributed by atoms with E-state index < -0.39 is 0 Å². The normalized spacial score (nSPS) is 29.5. The van der Waals surface area contributed by atoms with Gasteiger partial charge in [-0.3, -0.25) is 0 Å². The summed E-state index contributed by atoms with van der Waals surface area (Å²) in [6.07, 6.45) is 1.16. The number of phenolic OH excluding ortho intramolecular Hbond substituents is 1. The van der Waals surface area contributed by atoms with Crippen molar-refractivity contribution in [3.8, 4) is 5.75 Å². The van der Waals surface area contributed by atoms with E-state index >= 15 is 0 Å². The molecule has 3 N–H and O–H groups in total. The molecule has 0 aliphatic heterocycles. The second-order valence-electron chi connectivity index (χ2n) is 4.97. The summed E-state index contributed by atoms with van der Waals surface area (Å²) in [5.74, 6) is 1.68. The summed E-state index contributed by atoms with van der Waals surface area (Å²) in [6, 6.07) is 7.54. The molecule has 1 aromatic rings. The largest absolute Gasteiger partial charge is 0.508 e. The van der Waals surface area contributed by atoms with Gasteiger partial charge in [-0.1, -0.05) is 26.0 Å².